The van der Waals surface area contributed by atoms with Crippen LogP contribution < -0.4 is 15.4 Å². The van der Waals surface area contributed by atoms with Crippen molar-refractivity contribution in [1.82, 2.24) is 19.7 Å². The van der Waals surface area contributed by atoms with Gasteiger partial charge in [-0.05, 0) is 52.3 Å². The van der Waals surface area contributed by atoms with Crippen molar-refractivity contribution in [2.45, 2.75) is 0 Å². The lowest BCUT2D eigenvalue weighted by Crippen LogP contribution is -2.19. The quantitative estimate of drug-likeness (QED) is 0.394. The second-order valence-corrected chi connectivity index (χ2v) is 7.49. The van der Waals surface area contributed by atoms with Gasteiger partial charge in [0.2, 0.25) is 0 Å². The van der Waals surface area contributed by atoms with Crippen LogP contribution in [0.3, 0.4) is 0 Å². The first-order chi connectivity index (χ1) is 15.0. The minimum absolute atomic E-state index is 0.138. The van der Waals surface area contributed by atoms with Gasteiger partial charge >= 0.3 is 6.03 Å². The highest BCUT2D eigenvalue weighted by molar-refractivity contribution is 9.10. The van der Waals surface area contributed by atoms with Crippen LogP contribution in [0.1, 0.15) is 0 Å². The molecule has 2 N–H and O–H groups in total. The largest absolute Gasteiger partial charge is 0.466 e. The monoisotopic (exact) mass is 482 g/mol. The van der Waals surface area contributed by atoms with Gasteiger partial charge in [-0.25, -0.2) is 9.78 Å². The van der Waals surface area contributed by atoms with E-state index >= 15 is 0 Å². The minimum atomic E-state index is -0.381. The fourth-order valence-corrected chi connectivity index (χ4v) is 3.39. The molecular formula is C21H19BrN6O3. The van der Waals surface area contributed by atoms with Crippen LogP contribution in [0.5, 0.6) is 5.75 Å². The third-order valence-electron chi connectivity index (χ3n) is 4.32. The summed E-state index contributed by atoms with van der Waals surface area (Å²) in [6, 6.07) is 10.2. The average Bonchev–Trinajstić information content (AvgIpc) is 3.19. The Hall–Kier alpha value is -3.50. The number of urea groups is 1. The van der Waals surface area contributed by atoms with Crippen molar-refractivity contribution in [1.29, 1.82) is 0 Å². The van der Waals surface area contributed by atoms with Crippen molar-refractivity contribution in [3.63, 3.8) is 0 Å². The Labute approximate surface area is 186 Å². The standard InChI is InChI=1S/C21H19BrN6O3/c1-28-11-13(9-24-28)19-10-23-17-5-3-15(8-18(17)27-19)26-21(29)25-14-4-6-20(16(22)7-14)31-12-30-2/h3-11H,12H2,1-2H3,(H2,25,26,29). The SMILES string of the molecule is COCOc1ccc(NC(=O)Nc2ccc3ncc(-c4cnn(C)c4)nc3c2)cc1Br. The number of anilines is 2. The van der Waals surface area contributed by atoms with Crippen LogP contribution in [0.2, 0.25) is 0 Å². The van der Waals surface area contributed by atoms with Gasteiger partial charge < -0.3 is 20.1 Å². The predicted molar refractivity (Wildman–Crippen MR) is 121 cm³/mol. The number of fused-ring (bicyclic) bond motifs is 1. The number of ether oxygens (including phenoxy) is 2. The van der Waals surface area contributed by atoms with Crippen LogP contribution in [0, 0.1) is 0 Å². The maximum absolute atomic E-state index is 12.4. The fourth-order valence-electron chi connectivity index (χ4n) is 2.89. The fraction of sp³-hybridized carbons (Fsp3) is 0.143. The van der Waals surface area contributed by atoms with E-state index in [9.17, 15) is 4.79 Å². The summed E-state index contributed by atoms with van der Waals surface area (Å²) in [7, 11) is 3.39. The van der Waals surface area contributed by atoms with E-state index in [1.165, 1.54) is 0 Å². The zero-order valence-corrected chi connectivity index (χ0v) is 18.4. The van der Waals surface area contributed by atoms with Crippen molar-refractivity contribution >= 4 is 44.4 Å². The summed E-state index contributed by atoms with van der Waals surface area (Å²) in [5.74, 6) is 0.616. The van der Waals surface area contributed by atoms with Crippen molar-refractivity contribution < 1.29 is 14.3 Å². The van der Waals surface area contributed by atoms with Crippen molar-refractivity contribution in [2.24, 2.45) is 7.05 Å². The van der Waals surface area contributed by atoms with Gasteiger partial charge in [0, 0.05) is 37.3 Å². The van der Waals surface area contributed by atoms with E-state index < -0.39 is 0 Å². The maximum Gasteiger partial charge on any atom is 0.323 e. The smallest absolute Gasteiger partial charge is 0.323 e. The van der Waals surface area contributed by atoms with Crippen molar-refractivity contribution in [3.05, 3.63) is 59.5 Å². The first-order valence-electron chi connectivity index (χ1n) is 9.27. The number of benzene rings is 2. The molecule has 0 unspecified atom stereocenters. The number of nitrogens with zero attached hydrogens (tertiary/aromatic N) is 4. The second kappa shape index (κ2) is 9.11. The number of aryl methyl sites for hydroxylation is 1. The van der Waals surface area contributed by atoms with Crippen molar-refractivity contribution in [3.8, 4) is 17.0 Å². The van der Waals surface area contributed by atoms with Gasteiger partial charge in [0.1, 0.15) is 5.75 Å². The number of hydrogen-bond acceptors (Lipinski definition) is 6. The Bertz CT molecular complexity index is 1240. The zero-order chi connectivity index (χ0) is 21.8. The summed E-state index contributed by atoms with van der Waals surface area (Å²) in [5.41, 5.74) is 4.19. The molecule has 0 bridgehead atoms. The summed E-state index contributed by atoms with van der Waals surface area (Å²) in [6.07, 6.45) is 5.31. The van der Waals surface area contributed by atoms with Gasteiger partial charge in [-0.1, -0.05) is 0 Å². The predicted octanol–water partition coefficient (Wildman–Crippen LogP) is 4.42. The van der Waals surface area contributed by atoms with Crippen molar-refractivity contribution in [2.75, 3.05) is 24.5 Å². The molecule has 0 saturated carbocycles. The Balaban J connectivity index is 1.47. The summed E-state index contributed by atoms with van der Waals surface area (Å²) in [5, 5.41) is 9.76. The van der Waals surface area contributed by atoms with Crippen LogP contribution in [-0.2, 0) is 11.8 Å². The van der Waals surface area contributed by atoms with Gasteiger partial charge in [0.05, 0.1) is 33.6 Å². The first-order valence-corrected chi connectivity index (χ1v) is 10.1. The zero-order valence-electron chi connectivity index (χ0n) is 16.8. The third-order valence-corrected chi connectivity index (χ3v) is 4.94. The van der Waals surface area contributed by atoms with Gasteiger partial charge in [-0.3, -0.25) is 9.67 Å². The lowest BCUT2D eigenvalue weighted by Gasteiger charge is -2.11. The topological polar surface area (TPSA) is 103 Å². The van der Waals surface area contributed by atoms with E-state index in [2.05, 4.69) is 41.6 Å². The van der Waals surface area contributed by atoms with Crippen LogP contribution in [0.25, 0.3) is 22.3 Å². The first kappa shape index (κ1) is 20.8. The molecule has 0 saturated heterocycles. The molecule has 10 heteroatoms. The van der Waals surface area contributed by atoms with Crippen LogP contribution in [-0.4, -0.2) is 39.7 Å². The van der Waals surface area contributed by atoms with E-state index in [1.807, 2.05) is 19.3 Å². The van der Waals surface area contributed by atoms with E-state index in [0.717, 1.165) is 11.1 Å². The molecule has 2 heterocycles. The Morgan fingerprint density at radius 1 is 1.10 bits per heavy atom. The molecule has 9 nitrogen and oxygen atoms in total. The lowest BCUT2D eigenvalue weighted by atomic mass is 10.2. The minimum Gasteiger partial charge on any atom is -0.466 e. The van der Waals surface area contributed by atoms with E-state index in [0.29, 0.717) is 32.8 Å². The summed E-state index contributed by atoms with van der Waals surface area (Å²) in [4.78, 5) is 21.5. The highest BCUT2D eigenvalue weighted by Gasteiger charge is 2.09. The number of amides is 2. The number of aromatic nitrogens is 4. The van der Waals surface area contributed by atoms with Gasteiger partial charge in [0.15, 0.2) is 6.79 Å². The summed E-state index contributed by atoms with van der Waals surface area (Å²) in [6.45, 7) is 0.138. The number of carbonyl (C=O) groups is 1. The van der Waals surface area contributed by atoms with Crippen LogP contribution in [0.4, 0.5) is 16.2 Å². The second-order valence-electron chi connectivity index (χ2n) is 6.64. The molecule has 0 aliphatic rings. The highest BCUT2D eigenvalue weighted by Crippen LogP contribution is 2.28. The lowest BCUT2D eigenvalue weighted by molar-refractivity contribution is 0.0506. The molecule has 2 amide bonds. The Kier molecular flexibility index (Phi) is 6.10. The maximum atomic E-state index is 12.4. The molecule has 31 heavy (non-hydrogen) atoms. The average molecular weight is 483 g/mol. The third kappa shape index (κ3) is 4.98. The molecule has 158 valence electrons. The molecule has 0 atom stereocenters. The molecular weight excluding hydrogens is 464 g/mol. The number of nitrogens with one attached hydrogen (secondary N) is 2. The molecule has 0 spiro atoms. The number of carbonyl (C=O) groups excluding carboxylic acids is 1. The summed E-state index contributed by atoms with van der Waals surface area (Å²) >= 11 is 3.42. The molecule has 4 rings (SSSR count). The van der Waals surface area contributed by atoms with Gasteiger partial charge in [-0.2, -0.15) is 5.10 Å². The molecule has 2 aromatic carbocycles. The van der Waals surface area contributed by atoms with E-state index in [-0.39, 0.29) is 12.8 Å². The number of halogens is 1. The van der Waals surface area contributed by atoms with E-state index in [4.69, 9.17) is 9.47 Å². The highest BCUT2D eigenvalue weighted by atomic mass is 79.9. The van der Waals surface area contributed by atoms with Gasteiger partial charge in [-0.15, -0.1) is 0 Å². The number of hydrogen-bond donors (Lipinski definition) is 2. The molecule has 0 fully saturated rings. The molecule has 0 aliphatic carbocycles. The molecule has 2 aromatic heterocycles. The van der Waals surface area contributed by atoms with Gasteiger partial charge in [0.25, 0.3) is 0 Å². The number of rotatable bonds is 6. The van der Waals surface area contributed by atoms with E-state index in [1.54, 1.807) is 54.5 Å². The van der Waals surface area contributed by atoms with Crippen LogP contribution >= 0.6 is 15.9 Å². The molecule has 4 aromatic rings. The Morgan fingerprint density at radius 3 is 2.58 bits per heavy atom. The summed E-state index contributed by atoms with van der Waals surface area (Å²) < 4.78 is 12.7. The van der Waals surface area contributed by atoms with Crippen LogP contribution in [0.15, 0.2) is 59.5 Å². The molecule has 0 radical (unpaired) electrons. The number of methoxy groups -OCH3 is 1. The Morgan fingerprint density at radius 2 is 1.87 bits per heavy atom. The molecule has 0 aliphatic heterocycles. The normalized spacial score (nSPS) is 10.8.